The molecule has 1 aromatic heterocycles. The molecule has 0 radical (unpaired) electrons. The van der Waals surface area contributed by atoms with Gasteiger partial charge in [0.1, 0.15) is 11.1 Å². The molecular weight excluding hydrogens is 390 g/mol. The third-order valence-electron chi connectivity index (χ3n) is 5.14. The molecule has 0 saturated heterocycles. The summed E-state index contributed by atoms with van der Waals surface area (Å²) in [5, 5.41) is 3.34. The maximum Gasteiger partial charge on any atom is 0.340 e. The Kier molecular flexibility index (Phi) is 6.69. The molecule has 0 aliphatic heterocycles. The lowest BCUT2D eigenvalue weighted by Crippen LogP contribution is -2.40. The standard InChI is InChI=1S/C22H25NO5S/c1-13-9-10-16(18(11-13)28-14(2)24)20(25)23-21-17(22(26)27-3)12-19(29-21)15-7-5-4-6-8-15/h4-8,12-13,16,18H,9-11H2,1-3H3,(H,23,25). The Morgan fingerprint density at radius 2 is 1.86 bits per heavy atom. The number of hydrogen-bond donors (Lipinski definition) is 1. The van der Waals surface area contributed by atoms with Gasteiger partial charge in [-0.2, -0.15) is 0 Å². The molecular formula is C22H25NO5S. The highest BCUT2D eigenvalue weighted by atomic mass is 32.1. The number of amides is 1. The van der Waals surface area contributed by atoms with Crippen LogP contribution in [0.5, 0.6) is 0 Å². The molecule has 1 aliphatic carbocycles. The van der Waals surface area contributed by atoms with Crippen molar-refractivity contribution < 1.29 is 23.9 Å². The predicted octanol–water partition coefficient (Wildman–Crippen LogP) is 4.51. The van der Waals surface area contributed by atoms with Gasteiger partial charge in [0.2, 0.25) is 5.91 Å². The zero-order chi connectivity index (χ0) is 21.0. The number of carbonyl (C=O) groups excluding carboxylic acids is 3. The topological polar surface area (TPSA) is 81.7 Å². The van der Waals surface area contributed by atoms with E-state index >= 15 is 0 Å². The summed E-state index contributed by atoms with van der Waals surface area (Å²) in [5.41, 5.74) is 1.27. The third kappa shape index (κ3) is 5.03. The summed E-state index contributed by atoms with van der Waals surface area (Å²) < 4.78 is 10.3. The number of thiophene rings is 1. The first-order chi connectivity index (χ1) is 13.9. The van der Waals surface area contributed by atoms with Crippen molar-refractivity contribution in [2.45, 2.75) is 39.2 Å². The molecule has 6 nitrogen and oxygen atoms in total. The van der Waals surface area contributed by atoms with Crippen LogP contribution in [0.2, 0.25) is 0 Å². The van der Waals surface area contributed by atoms with E-state index in [1.54, 1.807) is 6.07 Å². The molecule has 0 spiro atoms. The molecule has 2 aromatic rings. The highest BCUT2D eigenvalue weighted by Gasteiger charge is 2.36. The normalized spacial score (nSPS) is 21.3. The van der Waals surface area contributed by atoms with Crippen LogP contribution in [0, 0.1) is 11.8 Å². The van der Waals surface area contributed by atoms with E-state index in [9.17, 15) is 14.4 Å². The molecule has 1 N–H and O–H groups in total. The molecule has 1 heterocycles. The molecule has 1 amide bonds. The molecule has 1 saturated carbocycles. The van der Waals surface area contributed by atoms with Gasteiger partial charge in [-0.25, -0.2) is 4.79 Å². The lowest BCUT2D eigenvalue weighted by molar-refractivity contribution is -0.153. The van der Waals surface area contributed by atoms with Gasteiger partial charge in [-0.3, -0.25) is 9.59 Å². The van der Waals surface area contributed by atoms with E-state index in [-0.39, 0.29) is 11.9 Å². The molecule has 0 bridgehead atoms. The number of anilines is 1. The van der Waals surface area contributed by atoms with Crippen molar-refractivity contribution in [3.63, 3.8) is 0 Å². The van der Waals surface area contributed by atoms with Gasteiger partial charge in [0, 0.05) is 11.8 Å². The Morgan fingerprint density at radius 1 is 1.14 bits per heavy atom. The Bertz CT molecular complexity index is 892. The fraction of sp³-hybridized carbons (Fsp3) is 0.409. The summed E-state index contributed by atoms with van der Waals surface area (Å²) in [7, 11) is 1.31. The zero-order valence-corrected chi connectivity index (χ0v) is 17.6. The van der Waals surface area contributed by atoms with Crippen LogP contribution in [0.25, 0.3) is 10.4 Å². The molecule has 3 rings (SSSR count). The van der Waals surface area contributed by atoms with Crippen molar-refractivity contribution in [3.05, 3.63) is 42.0 Å². The van der Waals surface area contributed by atoms with Crippen LogP contribution in [-0.2, 0) is 19.1 Å². The Balaban J connectivity index is 1.85. The van der Waals surface area contributed by atoms with Gasteiger partial charge in [-0.1, -0.05) is 37.3 Å². The Morgan fingerprint density at radius 3 is 2.52 bits per heavy atom. The number of carbonyl (C=O) groups is 3. The molecule has 29 heavy (non-hydrogen) atoms. The summed E-state index contributed by atoms with van der Waals surface area (Å²) >= 11 is 1.32. The molecule has 7 heteroatoms. The average molecular weight is 416 g/mol. The van der Waals surface area contributed by atoms with Gasteiger partial charge >= 0.3 is 11.9 Å². The number of benzene rings is 1. The minimum Gasteiger partial charge on any atom is -0.465 e. The smallest absolute Gasteiger partial charge is 0.340 e. The van der Waals surface area contributed by atoms with E-state index in [0.29, 0.717) is 29.3 Å². The quantitative estimate of drug-likeness (QED) is 0.727. The summed E-state index contributed by atoms with van der Waals surface area (Å²) in [6, 6.07) is 11.4. The monoisotopic (exact) mass is 415 g/mol. The molecule has 3 unspecified atom stereocenters. The molecule has 1 aliphatic rings. The van der Waals surface area contributed by atoms with E-state index in [2.05, 4.69) is 12.2 Å². The van der Waals surface area contributed by atoms with Crippen LogP contribution < -0.4 is 5.32 Å². The summed E-state index contributed by atoms with van der Waals surface area (Å²) in [5.74, 6) is -1.19. The minimum atomic E-state index is -0.507. The maximum atomic E-state index is 13.0. The van der Waals surface area contributed by atoms with E-state index in [1.807, 2.05) is 30.3 Å². The largest absolute Gasteiger partial charge is 0.465 e. The van der Waals surface area contributed by atoms with E-state index in [0.717, 1.165) is 16.9 Å². The van der Waals surface area contributed by atoms with Crippen LogP contribution >= 0.6 is 11.3 Å². The minimum absolute atomic E-state index is 0.241. The first-order valence-electron chi connectivity index (χ1n) is 9.64. The van der Waals surface area contributed by atoms with E-state index < -0.39 is 18.0 Å². The van der Waals surface area contributed by atoms with Crippen LogP contribution in [0.15, 0.2) is 36.4 Å². The Hall–Kier alpha value is -2.67. The molecule has 154 valence electrons. The fourth-order valence-corrected chi connectivity index (χ4v) is 4.72. The second kappa shape index (κ2) is 9.22. The van der Waals surface area contributed by atoms with Crippen LogP contribution in [0.3, 0.4) is 0 Å². The first kappa shape index (κ1) is 21.0. The SMILES string of the molecule is COC(=O)c1cc(-c2ccccc2)sc1NC(=O)C1CCC(C)CC1OC(C)=O. The summed E-state index contributed by atoms with van der Waals surface area (Å²) in [4.78, 5) is 37.6. The number of ether oxygens (including phenoxy) is 2. The van der Waals surface area contributed by atoms with Gasteiger partial charge in [0.25, 0.3) is 0 Å². The van der Waals surface area contributed by atoms with Crippen molar-refractivity contribution in [1.82, 2.24) is 0 Å². The second-order valence-corrected chi connectivity index (χ2v) is 8.43. The van der Waals surface area contributed by atoms with E-state index in [4.69, 9.17) is 9.47 Å². The average Bonchev–Trinajstić information content (AvgIpc) is 3.11. The fourth-order valence-electron chi connectivity index (χ4n) is 3.67. The van der Waals surface area contributed by atoms with Crippen LogP contribution in [-0.4, -0.2) is 31.1 Å². The van der Waals surface area contributed by atoms with Crippen molar-refractivity contribution in [2.24, 2.45) is 11.8 Å². The highest BCUT2D eigenvalue weighted by Crippen LogP contribution is 2.37. The van der Waals surface area contributed by atoms with Crippen molar-refractivity contribution in [1.29, 1.82) is 0 Å². The number of nitrogens with one attached hydrogen (secondary N) is 1. The number of methoxy groups -OCH3 is 1. The number of esters is 2. The van der Waals surface area contributed by atoms with Gasteiger partial charge in [-0.05, 0) is 36.8 Å². The second-order valence-electron chi connectivity index (χ2n) is 7.37. The van der Waals surface area contributed by atoms with Crippen LogP contribution in [0.1, 0.15) is 43.5 Å². The van der Waals surface area contributed by atoms with Crippen LogP contribution in [0.4, 0.5) is 5.00 Å². The highest BCUT2D eigenvalue weighted by molar-refractivity contribution is 7.20. The first-order valence-corrected chi connectivity index (χ1v) is 10.5. The molecule has 1 fully saturated rings. The lowest BCUT2D eigenvalue weighted by Gasteiger charge is -2.33. The predicted molar refractivity (Wildman–Crippen MR) is 112 cm³/mol. The van der Waals surface area contributed by atoms with Gasteiger partial charge in [0.15, 0.2) is 0 Å². The van der Waals surface area contributed by atoms with E-state index in [1.165, 1.54) is 25.4 Å². The number of hydrogen-bond acceptors (Lipinski definition) is 6. The molecule has 3 atom stereocenters. The van der Waals surface area contributed by atoms with Gasteiger partial charge in [-0.15, -0.1) is 11.3 Å². The van der Waals surface area contributed by atoms with Crippen molar-refractivity contribution in [2.75, 3.05) is 12.4 Å². The summed E-state index contributed by atoms with van der Waals surface area (Å²) in [6.45, 7) is 3.44. The number of rotatable bonds is 5. The zero-order valence-electron chi connectivity index (χ0n) is 16.8. The van der Waals surface area contributed by atoms with Gasteiger partial charge in [0.05, 0.1) is 18.6 Å². The Labute approximate surface area is 174 Å². The van der Waals surface area contributed by atoms with Crippen molar-refractivity contribution >= 4 is 34.2 Å². The van der Waals surface area contributed by atoms with Crippen molar-refractivity contribution in [3.8, 4) is 10.4 Å². The lowest BCUT2D eigenvalue weighted by atomic mass is 9.80. The third-order valence-corrected chi connectivity index (χ3v) is 6.24. The molecule has 1 aromatic carbocycles. The maximum absolute atomic E-state index is 13.0. The summed E-state index contributed by atoms with van der Waals surface area (Å²) in [6.07, 6.45) is 1.72. The van der Waals surface area contributed by atoms with Gasteiger partial charge < -0.3 is 14.8 Å².